The molecule has 0 aliphatic heterocycles. The van der Waals surface area contributed by atoms with E-state index in [4.69, 9.17) is 0 Å². The Labute approximate surface area is 204 Å². The fourth-order valence-corrected chi connectivity index (χ4v) is 3.36. The first-order chi connectivity index (χ1) is 15.1. The molecule has 2 N–H and O–H groups in total. The topological polar surface area (TPSA) is 87.0 Å². The molecular formula is C23H27IN8. The Morgan fingerprint density at radius 3 is 2.56 bits per heavy atom. The van der Waals surface area contributed by atoms with E-state index in [9.17, 15) is 0 Å². The van der Waals surface area contributed by atoms with Crippen LogP contribution in [0.15, 0.2) is 72.2 Å². The van der Waals surface area contributed by atoms with E-state index in [1.54, 1.807) is 13.2 Å². The third-order valence-corrected chi connectivity index (χ3v) is 5.01. The number of H-pyrrole nitrogens is 1. The first-order valence-corrected chi connectivity index (χ1v) is 10.1. The smallest absolute Gasteiger partial charge is 0.194 e. The molecular weight excluding hydrogens is 515 g/mol. The van der Waals surface area contributed by atoms with Gasteiger partial charge in [-0.15, -0.1) is 24.0 Å². The van der Waals surface area contributed by atoms with Gasteiger partial charge in [0.1, 0.15) is 17.5 Å². The van der Waals surface area contributed by atoms with Crippen LogP contribution < -0.4 is 5.32 Å². The standard InChI is InChI=1S/C23H26N8.HI/c1-17-25-11-12-31(17)22-10-9-18(13-27-22)14-28-23(24-2)30(3)16-21-26-15-20(29-21)19-7-5-4-6-8-19;/h4-13,15H,14,16H2,1-3H3,(H,24,28)(H,26,29);1H. The lowest BCUT2D eigenvalue weighted by Crippen LogP contribution is -2.38. The number of hydrogen-bond acceptors (Lipinski definition) is 4. The van der Waals surface area contributed by atoms with Crippen molar-refractivity contribution in [2.45, 2.75) is 20.0 Å². The molecule has 0 fully saturated rings. The quantitative estimate of drug-likeness (QED) is 0.220. The highest BCUT2D eigenvalue weighted by Gasteiger charge is 2.10. The van der Waals surface area contributed by atoms with E-state index >= 15 is 0 Å². The molecule has 0 atom stereocenters. The van der Waals surface area contributed by atoms with Gasteiger partial charge in [0.05, 0.1) is 18.4 Å². The molecule has 0 aliphatic carbocycles. The lowest BCUT2D eigenvalue weighted by molar-refractivity contribution is 0.464. The number of rotatable bonds is 6. The van der Waals surface area contributed by atoms with Gasteiger partial charge < -0.3 is 15.2 Å². The Kier molecular flexibility index (Phi) is 7.98. The number of nitrogens with one attached hydrogen (secondary N) is 2. The summed E-state index contributed by atoms with van der Waals surface area (Å²) >= 11 is 0. The summed E-state index contributed by atoms with van der Waals surface area (Å²) in [4.78, 5) is 23.1. The minimum atomic E-state index is 0. The number of aliphatic imine (C=N–C) groups is 1. The molecule has 0 saturated carbocycles. The molecule has 0 aliphatic rings. The normalized spacial score (nSPS) is 11.2. The van der Waals surface area contributed by atoms with E-state index in [0.29, 0.717) is 13.1 Å². The van der Waals surface area contributed by atoms with Crippen LogP contribution in [0.5, 0.6) is 0 Å². The maximum Gasteiger partial charge on any atom is 0.194 e. The van der Waals surface area contributed by atoms with Crippen molar-refractivity contribution in [3.05, 3.63) is 84.5 Å². The van der Waals surface area contributed by atoms with Gasteiger partial charge in [-0.3, -0.25) is 9.56 Å². The number of aromatic nitrogens is 5. The van der Waals surface area contributed by atoms with Crippen LogP contribution in [0, 0.1) is 6.92 Å². The van der Waals surface area contributed by atoms with Crippen molar-refractivity contribution in [2.75, 3.05) is 14.1 Å². The summed E-state index contributed by atoms with van der Waals surface area (Å²) in [6.45, 7) is 3.20. The molecule has 0 saturated heterocycles. The third-order valence-electron chi connectivity index (χ3n) is 5.01. The predicted octanol–water partition coefficient (Wildman–Crippen LogP) is 3.79. The highest BCUT2D eigenvalue weighted by atomic mass is 127. The lowest BCUT2D eigenvalue weighted by atomic mass is 10.2. The zero-order valence-electron chi connectivity index (χ0n) is 18.4. The van der Waals surface area contributed by atoms with E-state index < -0.39 is 0 Å². The van der Waals surface area contributed by atoms with Crippen molar-refractivity contribution in [1.29, 1.82) is 0 Å². The summed E-state index contributed by atoms with van der Waals surface area (Å²) in [6, 6.07) is 14.2. The maximum absolute atomic E-state index is 4.54. The van der Waals surface area contributed by atoms with Gasteiger partial charge in [0.25, 0.3) is 0 Å². The van der Waals surface area contributed by atoms with Gasteiger partial charge in [0.2, 0.25) is 0 Å². The maximum atomic E-state index is 4.54. The SMILES string of the molecule is CN=C(NCc1ccc(-n2ccnc2C)nc1)N(C)Cc1ncc(-c2ccccc2)[nH]1.I. The van der Waals surface area contributed by atoms with Crippen LogP contribution in [0.25, 0.3) is 17.1 Å². The Bertz CT molecular complexity index is 1150. The van der Waals surface area contributed by atoms with Crippen LogP contribution in [0.3, 0.4) is 0 Å². The molecule has 32 heavy (non-hydrogen) atoms. The predicted molar refractivity (Wildman–Crippen MR) is 137 cm³/mol. The molecule has 0 spiro atoms. The van der Waals surface area contributed by atoms with E-state index in [-0.39, 0.29) is 24.0 Å². The number of benzene rings is 1. The van der Waals surface area contributed by atoms with Crippen molar-refractivity contribution >= 4 is 29.9 Å². The average molecular weight is 542 g/mol. The van der Waals surface area contributed by atoms with E-state index in [1.165, 1.54) is 0 Å². The number of hydrogen-bond donors (Lipinski definition) is 2. The number of aromatic amines is 1. The van der Waals surface area contributed by atoms with Crippen LogP contribution in [-0.4, -0.2) is 49.5 Å². The van der Waals surface area contributed by atoms with Crippen LogP contribution in [0.2, 0.25) is 0 Å². The second kappa shape index (κ2) is 10.9. The third kappa shape index (κ3) is 5.52. The molecule has 9 heteroatoms. The Morgan fingerprint density at radius 2 is 1.91 bits per heavy atom. The Morgan fingerprint density at radius 1 is 1.09 bits per heavy atom. The number of pyridine rings is 1. The lowest BCUT2D eigenvalue weighted by Gasteiger charge is -2.21. The van der Waals surface area contributed by atoms with E-state index in [2.05, 4.69) is 48.4 Å². The van der Waals surface area contributed by atoms with E-state index in [0.717, 1.165) is 40.2 Å². The summed E-state index contributed by atoms with van der Waals surface area (Å²) in [6.07, 6.45) is 7.41. The van der Waals surface area contributed by atoms with Crippen molar-refractivity contribution in [3.8, 4) is 17.1 Å². The number of guanidine groups is 1. The highest BCUT2D eigenvalue weighted by molar-refractivity contribution is 14.0. The van der Waals surface area contributed by atoms with Gasteiger partial charge in [-0.1, -0.05) is 36.4 Å². The van der Waals surface area contributed by atoms with Crippen molar-refractivity contribution in [1.82, 2.24) is 34.7 Å². The molecule has 3 heterocycles. The van der Waals surface area contributed by atoms with Gasteiger partial charge in [-0.05, 0) is 24.1 Å². The first kappa shape index (κ1) is 23.5. The van der Waals surface area contributed by atoms with Crippen molar-refractivity contribution < 1.29 is 0 Å². The van der Waals surface area contributed by atoms with Crippen LogP contribution in [0.4, 0.5) is 0 Å². The van der Waals surface area contributed by atoms with Gasteiger partial charge in [-0.2, -0.15) is 0 Å². The monoisotopic (exact) mass is 542 g/mol. The Balaban J connectivity index is 0.00000289. The zero-order valence-corrected chi connectivity index (χ0v) is 20.7. The summed E-state index contributed by atoms with van der Waals surface area (Å²) < 4.78 is 1.96. The second-order valence-electron chi connectivity index (χ2n) is 7.24. The molecule has 0 amide bonds. The van der Waals surface area contributed by atoms with Gasteiger partial charge in [-0.25, -0.2) is 15.0 Å². The van der Waals surface area contributed by atoms with Gasteiger partial charge in [0.15, 0.2) is 5.96 Å². The molecule has 1 aromatic carbocycles. The molecule has 8 nitrogen and oxygen atoms in total. The highest BCUT2D eigenvalue weighted by Crippen LogP contribution is 2.16. The summed E-state index contributed by atoms with van der Waals surface area (Å²) in [5.41, 5.74) is 3.19. The first-order valence-electron chi connectivity index (χ1n) is 10.1. The fourth-order valence-electron chi connectivity index (χ4n) is 3.36. The Hall–Kier alpha value is -3.21. The van der Waals surface area contributed by atoms with Crippen LogP contribution in [0.1, 0.15) is 17.2 Å². The molecule has 0 radical (unpaired) electrons. The zero-order chi connectivity index (χ0) is 21.6. The van der Waals surface area contributed by atoms with Crippen LogP contribution in [-0.2, 0) is 13.1 Å². The molecule has 4 aromatic rings. The molecule has 0 unspecified atom stereocenters. The van der Waals surface area contributed by atoms with Gasteiger partial charge in [0, 0.05) is 39.2 Å². The number of nitrogens with zero attached hydrogens (tertiary/aromatic N) is 6. The van der Waals surface area contributed by atoms with Crippen molar-refractivity contribution in [2.24, 2.45) is 4.99 Å². The molecule has 0 bridgehead atoms. The largest absolute Gasteiger partial charge is 0.352 e. The number of aryl methyl sites for hydroxylation is 1. The molecule has 166 valence electrons. The van der Waals surface area contributed by atoms with E-state index in [1.807, 2.05) is 66.3 Å². The fraction of sp³-hybridized carbons (Fsp3) is 0.217. The second-order valence-corrected chi connectivity index (χ2v) is 7.24. The average Bonchev–Trinajstić information content (AvgIpc) is 3.44. The molecule has 3 aromatic heterocycles. The summed E-state index contributed by atoms with van der Waals surface area (Å²) in [7, 11) is 3.77. The minimum absolute atomic E-state index is 0. The number of imidazole rings is 2. The van der Waals surface area contributed by atoms with Gasteiger partial charge >= 0.3 is 0 Å². The van der Waals surface area contributed by atoms with Crippen LogP contribution >= 0.6 is 24.0 Å². The molecule has 4 rings (SSSR count). The van der Waals surface area contributed by atoms with Crippen molar-refractivity contribution in [3.63, 3.8) is 0 Å². The number of halogens is 1. The minimum Gasteiger partial charge on any atom is -0.352 e. The summed E-state index contributed by atoms with van der Waals surface area (Å²) in [5.74, 6) is 3.43. The summed E-state index contributed by atoms with van der Waals surface area (Å²) in [5, 5.41) is 3.38.